The maximum absolute atomic E-state index is 12.8. The summed E-state index contributed by atoms with van der Waals surface area (Å²) in [5.74, 6) is 2.48. The quantitative estimate of drug-likeness (QED) is 0.548. The van der Waals surface area contributed by atoms with Crippen molar-refractivity contribution in [3.8, 4) is 17.1 Å². The molecule has 4 aromatic rings. The summed E-state index contributed by atoms with van der Waals surface area (Å²) in [6.07, 6.45) is 9.93. The van der Waals surface area contributed by atoms with Crippen LogP contribution in [0.1, 0.15) is 18.7 Å². The lowest BCUT2D eigenvalue weighted by Crippen LogP contribution is -2.20. The summed E-state index contributed by atoms with van der Waals surface area (Å²) >= 11 is 0. The lowest BCUT2D eigenvalue weighted by Gasteiger charge is -2.19. The minimum Gasteiger partial charge on any atom is -0.497 e. The monoisotopic (exact) mass is 389 g/mol. The Kier molecular flexibility index (Phi) is 4.04. The van der Waals surface area contributed by atoms with Crippen molar-refractivity contribution in [2.75, 3.05) is 7.11 Å². The summed E-state index contributed by atoms with van der Waals surface area (Å²) in [6, 6.07) is 7.52. The Morgan fingerprint density at radius 2 is 1.86 bits per heavy atom. The number of H-pyrrole nitrogens is 1. The maximum Gasteiger partial charge on any atom is 0.259 e. The zero-order valence-electron chi connectivity index (χ0n) is 16.6. The number of ether oxygens (including phenoxy) is 1. The molecule has 1 N–H and O–H groups in total. The van der Waals surface area contributed by atoms with Gasteiger partial charge in [-0.1, -0.05) is 0 Å². The molecule has 1 aromatic carbocycles. The molecular formula is C22H23N5O2. The fraction of sp³-hybridized carbons (Fsp3) is 0.318. The second-order valence-electron chi connectivity index (χ2n) is 7.95. The molecule has 0 amide bonds. The van der Waals surface area contributed by atoms with E-state index in [1.165, 1.54) is 0 Å². The summed E-state index contributed by atoms with van der Waals surface area (Å²) in [5, 5.41) is 0.920. The number of hydrogen-bond acceptors (Lipinski definition) is 4. The van der Waals surface area contributed by atoms with E-state index in [-0.39, 0.29) is 11.0 Å². The SMILES string of the molecule is COc1ccc2[nH]c(=O)c(-c3nccn3CC3(Cn4ccnc4C)CC3)cc2c1. The summed E-state index contributed by atoms with van der Waals surface area (Å²) < 4.78 is 9.63. The van der Waals surface area contributed by atoms with Gasteiger partial charge in [-0.05, 0) is 44.0 Å². The van der Waals surface area contributed by atoms with Crippen molar-refractivity contribution in [2.24, 2.45) is 5.41 Å². The van der Waals surface area contributed by atoms with Crippen molar-refractivity contribution in [3.63, 3.8) is 0 Å². The van der Waals surface area contributed by atoms with Gasteiger partial charge in [0.1, 0.15) is 17.4 Å². The van der Waals surface area contributed by atoms with Crippen LogP contribution in [-0.4, -0.2) is 31.2 Å². The minimum absolute atomic E-state index is 0.134. The molecule has 0 radical (unpaired) electrons. The number of pyridine rings is 1. The lowest BCUT2D eigenvalue weighted by molar-refractivity contribution is 0.360. The molecule has 1 aliphatic carbocycles. The van der Waals surface area contributed by atoms with Crippen LogP contribution in [0.5, 0.6) is 5.75 Å². The average molecular weight is 389 g/mol. The van der Waals surface area contributed by atoms with Crippen LogP contribution < -0.4 is 10.3 Å². The molecule has 0 saturated heterocycles. The zero-order chi connectivity index (χ0) is 20.0. The molecule has 0 aliphatic heterocycles. The third-order valence-corrected chi connectivity index (χ3v) is 5.90. The lowest BCUT2D eigenvalue weighted by atomic mass is 10.1. The van der Waals surface area contributed by atoms with Gasteiger partial charge in [0, 0.05) is 54.2 Å². The van der Waals surface area contributed by atoms with Crippen LogP contribution in [0, 0.1) is 12.3 Å². The van der Waals surface area contributed by atoms with Crippen molar-refractivity contribution in [1.82, 2.24) is 24.1 Å². The van der Waals surface area contributed by atoms with Gasteiger partial charge in [0.2, 0.25) is 0 Å². The number of aromatic amines is 1. The van der Waals surface area contributed by atoms with E-state index in [9.17, 15) is 4.79 Å². The van der Waals surface area contributed by atoms with Gasteiger partial charge in [0.05, 0.1) is 12.7 Å². The third-order valence-electron chi connectivity index (χ3n) is 5.90. The fourth-order valence-electron chi connectivity index (χ4n) is 4.00. The molecule has 3 aromatic heterocycles. The molecule has 148 valence electrons. The van der Waals surface area contributed by atoms with E-state index < -0.39 is 0 Å². The highest BCUT2D eigenvalue weighted by molar-refractivity contribution is 5.83. The molecule has 7 heteroatoms. The molecule has 0 atom stereocenters. The number of imidazole rings is 2. The Morgan fingerprint density at radius 1 is 1.10 bits per heavy atom. The molecule has 0 unspecified atom stereocenters. The van der Waals surface area contributed by atoms with Gasteiger partial charge in [-0.2, -0.15) is 0 Å². The molecule has 7 nitrogen and oxygen atoms in total. The predicted octanol–water partition coefficient (Wildman–Crippen LogP) is 3.39. The Labute approximate surface area is 168 Å². The second kappa shape index (κ2) is 6.62. The van der Waals surface area contributed by atoms with Gasteiger partial charge in [-0.15, -0.1) is 0 Å². The Hall–Kier alpha value is -3.35. The van der Waals surface area contributed by atoms with Gasteiger partial charge in [-0.3, -0.25) is 4.79 Å². The summed E-state index contributed by atoms with van der Waals surface area (Å²) in [4.78, 5) is 24.6. The first-order chi connectivity index (χ1) is 14.1. The molecule has 0 spiro atoms. The van der Waals surface area contributed by atoms with Gasteiger partial charge in [0.15, 0.2) is 0 Å². The van der Waals surface area contributed by atoms with E-state index >= 15 is 0 Å². The van der Waals surface area contributed by atoms with Crippen molar-refractivity contribution in [2.45, 2.75) is 32.9 Å². The van der Waals surface area contributed by atoms with E-state index in [1.807, 2.05) is 49.8 Å². The normalized spacial score (nSPS) is 15.0. The molecule has 1 aliphatic rings. The number of aryl methyl sites for hydroxylation is 1. The van der Waals surface area contributed by atoms with Gasteiger partial charge in [-0.25, -0.2) is 9.97 Å². The maximum atomic E-state index is 12.8. The average Bonchev–Trinajstić information content (AvgIpc) is 3.11. The van der Waals surface area contributed by atoms with Crippen LogP contribution in [0.4, 0.5) is 0 Å². The standard InChI is InChI=1S/C22H23N5O2/c1-15-23-7-9-26(15)13-22(5-6-22)14-27-10-8-24-20(27)18-12-16-11-17(29-2)3-4-19(16)25-21(18)28/h3-4,7-12H,5-6,13-14H2,1-2H3,(H,25,28). The second-order valence-corrected chi connectivity index (χ2v) is 7.95. The number of nitrogens with one attached hydrogen (secondary N) is 1. The molecule has 5 rings (SSSR count). The fourth-order valence-corrected chi connectivity index (χ4v) is 4.00. The van der Waals surface area contributed by atoms with Gasteiger partial charge < -0.3 is 18.9 Å². The first-order valence-electron chi connectivity index (χ1n) is 9.77. The van der Waals surface area contributed by atoms with Crippen LogP contribution in [0.25, 0.3) is 22.3 Å². The van der Waals surface area contributed by atoms with E-state index in [1.54, 1.807) is 13.3 Å². The molecule has 29 heavy (non-hydrogen) atoms. The Balaban J connectivity index is 1.49. The molecule has 1 saturated carbocycles. The number of fused-ring (bicyclic) bond motifs is 1. The highest BCUT2D eigenvalue weighted by Gasteiger charge is 2.43. The van der Waals surface area contributed by atoms with Crippen LogP contribution in [-0.2, 0) is 13.1 Å². The van der Waals surface area contributed by atoms with E-state index in [2.05, 4.69) is 24.1 Å². The number of hydrogen-bond donors (Lipinski definition) is 1. The summed E-state index contributed by atoms with van der Waals surface area (Å²) in [6.45, 7) is 3.79. The van der Waals surface area contributed by atoms with Crippen LogP contribution in [0.3, 0.4) is 0 Å². The van der Waals surface area contributed by atoms with Crippen LogP contribution >= 0.6 is 0 Å². The Bertz CT molecular complexity index is 1250. The largest absolute Gasteiger partial charge is 0.497 e. The van der Waals surface area contributed by atoms with Crippen molar-refractivity contribution < 1.29 is 4.74 Å². The predicted molar refractivity (Wildman–Crippen MR) is 111 cm³/mol. The first-order valence-corrected chi connectivity index (χ1v) is 9.77. The summed E-state index contributed by atoms with van der Waals surface area (Å²) in [5.41, 5.74) is 1.41. The first kappa shape index (κ1) is 17.7. The summed E-state index contributed by atoms with van der Waals surface area (Å²) in [7, 11) is 1.64. The van der Waals surface area contributed by atoms with E-state index in [0.29, 0.717) is 11.4 Å². The zero-order valence-corrected chi connectivity index (χ0v) is 16.6. The third kappa shape index (κ3) is 3.22. The van der Waals surface area contributed by atoms with Crippen LogP contribution in [0.2, 0.25) is 0 Å². The minimum atomic E-state index is -0.134. The Morgan fingerprint density at radius 3 is 2.59 bits per heavy atom. The molecule has 1 fully saturated rings. The highest BCUT2D eigenvalue weighted by atomic mass is 16.5. The number of rotatable bonds is 6. The number of nitrogens with zero attached hydrogens (tertiary/aromatic N) is 4. The van der Waals surface area contributed by atoms with Crippen LogP contribution in [0.15, 0.2) is 53.8 Å². The number of benzene rings is 1. The number of aromatic nitrogens is 5. The molecular weight excluding hydrogens is 366 g/mol. The highest BCUT2D eigenvalue weighted by Crippen LogP contribution is 2.49. The van der Waals surface area contributed by atoms with E-state index in [4.69, 9.17) is 4.74 Å². The topological polar surface area (TPSA) is 77.7 Å². The van der Waals surface area contributed by atoms with Crippen molar-refractivity contribution in [3.05, 3.63) is 65.2 Å². The molecule has 0 bridgehead atoms. The molecule has 3 heterocycles. The van der Waals surface area contributed by atoms with Gasteiger partial charge in [0.25, 0.3) is 5.56 Å². The van der Waals surface area contributed by atoms with Crippen molar-refractivity contribution >= 4 is 10.9 Å². The van der Waals surface area contributed by atoms with Crippen molar-refractivity contribution in [1.29, 1.82) is 0 Å². The smallest absolute Gasteiger partial charge is 0.259 e. The van der Waals surface area contributed by atoms with E-state index in [0.717, 1.165) is 48.4 Å². The van der Waals surface area contributed by atoms with Gasteiger partial charge >= 0.3 is 0 Å². The number of methoxy groups -OCH3 is 1.